The summed E-state index contributed by atoms with van der Waals surface area (Å²) < 4.78 is 17.0. The molecule has 0 radical (unpaired) electrons. The lowest BCUT2D eigenvalue weighted by atomic mass is 9.69. The fourth-order valence-electron chi connectivity index (χ4n) is 6.32. The quantitative estimate of drug-likeness (QED) is 0.142. The second kappa shape index (κ2) is 16.5. The summed E-state index contributed by atoms with van der Waals surface area (Å²) in [4.78, 5) is 25.4. The van der Waals surface area contributed by atoms with Gasteiger partial charge in [0.15, 0.2) is 0 Å². The summed E-state index contributed by atoms with van der Waals surface area (Å²) >= 11 is 0. The molecule has 41 heavy (non-hydrogen) atoms. The van der Waals surface area contributed by atoms with Crippen LogP contribution in [0.1, 0.15) is 107 Å². The number of unbranched alkanes of at least 4 members (excludes halogenated alkanes) is 5. The van der Waals surface area contributed by atoms with E-state index < -0.39 is 5.97 Å². The van der Waals surface area contributed by atoms with Crippen LogP contribution >= 0.6 is 0 Å². The van der Waals surface area contributed by atoms with Crippen LogP contribution in [0.2, 0.25) is 0 Å². The van der Waals surface area contributed by atoms with Crippen molar-refractivity contribution in [2.24, 2.45) is 23.7 Å². The molecule has 4 rings (SSSR count). The van der Waals surface area contributed by atoms with Crippen molar-refractivity contribution in [1.29, 1.82) is 0 Å². The van der Waals surface area contributed by atoms with Crippen LogP contribution in [0, 0.1) is 23.7 Å². The number of hydrogen-bond acceptors (Lipinski definition) is 6. The molecule has 0 bridgehead atoms. The molecule has 0 aromatic heterocycles. The number of aliphatic hydroxyl groups excluding tert-OH is 1. The number of carbonyl (C=O) groups is 2. The molecule has 6 nitrogen and oxygen atoms in total. The Morgan fingerprint density at radius 1 is 0.659 bits per heavy atom. The molecule has 0 unspecified atom stereocenters. The highest BCUT2D eigenvalue weighted by Gasteiger charge is 2.33. The van der Waals surface area contributed by atoms with Gasteiger partial charge in [0.05, 0.1) is 18.1 Å². The van der Waals surface area contributed by atoms with E-state index in [1.165, 1.54) is 25.7 Å². The average molecular weight is 565 g/mol. The minimum Gasteiger partial charge on any atom is -0.494 e. The first-order valence-electron chi connectivity index (χ1n) is 15.9. The minimum atomic E-state index is -0.451. The summed E-state index contributed by atoms with van der Waals surface area (Å²) in [6, 6.07) is 13.6. The van der Waals surface area contributed by atoms with E-state index in [1.807, 2.05) is 0 Å². The fraction of sp³-hybridized carbons (Fsp3) is 0.600. The Balaban J connectivity index is 1.14. The minimum absolute atomic E-state index is 0.0272. The fourth-order valence-corrected chi connectivity index (χ4v) is 6.32. The maximum absolute atomic E-state index is 12.8. The second-order valence-corrected chi connectivity index (χ2v) is 12.1. The molecule has 2 fully saturated rings. The Hall–Kier alpha value is -2.86. The highest BCUT2D eigenvalue weighted by molar-refractivity contribution is 5.91. The van der Waals surface area contributed by atoms with Gasteiger partial charge in [0, 0.05) is 6.61 Å². The number of rotatable bonds is 14. The molecule has 224 valence electrons. The van der Waals surface area contributed by atoms with Gasteiger partial charge in [0.1, 0.15) is 17.2 Å². The molecule has 0 spiro atoms. The second-order valence-electron chi connectivity index (χ2n) is 12.1. The molecule has 0 amide bonds. The van der Waals surface area contributed by atoms with E-state index in [4.69, 9.17) is 19.3 Å². The van der Waals surface area contributed by atoms with E-state index in [9.17, 15) is 9.59 Å². The van der Waals surface area contributed by atoms with Crippen LogP contribution in [-0.2, 0) is 4.79 Å². The van der Waals surface area contributed by atoms with Crippen molar-refractivity contribution >= 4 is 11.9 Å². The molecule has 1 N–H and O–H groups in total. The van der Waals surface area contributed by atoms with Gasteiger partial charge in [-0.2, -0.15) is 0 Å². The van der Waals surface area contributed by atoms with Gasteiger partial charge in [-0.25, -0.2) is 4.79 Å². The molecular weight excluding hydrogens is 516 g/mol. The van der Waals surface area contributed by atoms with Crippen molar-refractivity contribution in [2.75, 3.05) is 13.2 Å². The molecule has 0 atom stereocenters. The smallest absolute Gasteiger partial charge is 0.343 e. The van der Waals surface area contributed by atoms with E-state index in [-0.39, 0.29) is 18.5 Å². The highest BCUT2D eigenvalue weighted by Crippen LogP contribution is 2.41. The van der Waals surface area contributed by atoms with Gasteiger partial charge in [0.25, 0.3) is 0 Å². The van der Waals surface area contributed by atoms with E-state index in [1.54, 1.807) is 48.5 Å². The summed E-state index contributed by atoms with van der Waals surface area (Å²) in [7, 11) is 0. The Morgan fingerprint density at radius 2 is 1.17 bits per heavy atom. The first-order valence-corrected chi connectivity index (χ1v) is 15.9. The summed E-state index contributed by atoms with van der Waals surface area (Å²) in [5, 5.41) is 8.81. The van der Waals surface area contributed by atoms with Crippen molar-refractivity contribution in [2.45, 2.75) is 96.8 Å². The predicted octanol–water partition coefficient (Wildman–Crippen LogP) is 8.16. The summed E-state index contributed by atoms with van der Waals surface area (Å²) in [5.74, 6) is 3.47. The molecule has 2 aliphatic carbocycles. The Morgan fingerprint density at radius 3 is 1.78 bits per heavy atom. The lowest BCUT2D eigenvalue weighted by Gasteiger charge is -2.36. The molecule has 2 aromatic rings. The van der Waals surface area contributed by atoms with Crippen molar-refractivity contribution in [1.82, 2.24) is 0 Å². The highest BCUT2D eigenvalue weighted by atomic mass is 16.5. The molecule has 0 aliphatic heterocycles. The van der Waals surface area contributed by atoms with Gasteiger partial charge in [-0.3, -0.25) is 4.79 Å². The molecule has 0 saturated heterocycles. The van der Waals surface area contributed by atoms with Gasteiger partial charge in [-0.1, -0.05) is 45.4 Å². The zero-order chi connectivity index (χ0) is 28.9. The zero-order valence-electron chi connectivity index (χ0n) is 24.7. The monoisotopic (exact) mass is 564 g/mol. The van der Waals surface area contributed by atoms with Crippen LogP contribution in [0.15, 0.2) is 48.5 Å². The average Bonchev–Trinajstić information content (AvgIpc) is 3.00. The molecule has 2 aromatic carbocycles. The Labute approximate surface area is 245 Å². The van der Waals surface area contributed by atoms with Crippen molar-refractivity contribution in [3.05, 3.63) is 54.1 Å². The van der Waals surface area contributed by atoms with Crippen molar-refractivity contribution in [3.63, 3.8) is 0 Å². The predicted molar refractivity (Wildman–Crippen MR) is 160 cm³/mol. The maximum Gasteiger partial charge on any atom is 0.343 e. The maximum atomic E-state index is 12.8. The number of aliphatic hydroxyl groups is 1. The number of ether oxygens (including phenoxy) is 3. The molecular formula is C35H48O6. The van der Waals surface area contributed by atoms with E-state index in [0.717, 1.165) is 87.7 Å². The number of carbonyl (C=O) groups excluding carboxylic acids is 2. The number of esters is 2. The van der Waals surface area contributed by atoms with Gasteiger partial charge in [-0.15, -0.1) is 0 Å². The summed E-state index contributed by atoms with van der Waals surface area (Å²) in [6.07, 6.45) is 15.9. The molecule has 6 heteroatoms. The lowest BCUT2D eigenvalue weighted by molar-refractivity contribution is -0.140. The topological polar surface area (TPSA) is 82.1 Å². The van der Waals surface area contributed by atoms with Crippen molar-refractivity contribution in [3.8, 4) is 17.2 Å². The van der Waals surface area contributed by atoms with Crippen LogP contribution in [0.5, 0.6) is 17.2 Å². The first kappa shape index (κ1) is 31.1. The van der Waals surface area contributed by atoms with Gasteiger partial charge in [0.2, 0.25) is 0 Å². The lowest BCUT2D eigenvalue weighted by Crippen LogP contribution is -2.29. The zero-order valence-corrected chi connectivity index (χ0v) is 24.7. The Kier molecular flexibility index (Phi) is 12.5. The van der Waals surface area contributed by atoms with Crippen LogP contribution in [0.25, 0.3) is 0 Å². The van der Waals surface area contributed by atoms with Crippen molar-refractivity contribution < 1.29 is 28.9 Å². The van der Waals surface area contributed by atoms with E-state index in [2.05, 4.69) is 6.92 Å². The largest absolute Gasteiger partial charge is 0.494 e. The third kappa shape index (κ3) is 10.2. The van der Waals surface area contributed by atoms with Gasteiger partial charge >= 0.3 is 11.9 Å². The van der Waals surface area contributed by atoms with Crippen LogP contribution in [-0.4, -0.2) is 30.3 Å². The van der Waals surface area contributed by atoms with E-state index >= 15 is 0 Å². The third-order valence-corrected chi connectivity index (χ3v) is 9.00. The summed E-state index contributed by atoms with van der Waals surface area (Å²) in [5.41, 5.74) is 0.440. The van der Waals surface area contributed by atoms with Crippen LogP contribution in [0.4, 0.5) is 0 Å². The van der Waals surface area contributed by atoms with Crippen LogP contribution in [0.3, 0.4) is 0 Å². The number of hydrogen-bond donors (Lipinski definition) is 1. The molecule has 0 heterocycles. The molecule has 2 aliphatic rings. The van der Waals surface area contributed by atoms with E-state index in [0.29, 0.717) is 23.7 Å². The first-order chi connectivity index (χ1) is 20.0. The SMILES string of the molecule is CC1CCC(C2CCC(C(=O)Oc3ccc(OC(=O)c4ccc(OCCCCCCCCO)cc4)cc3)CC2)CC1. The normalized spacial score (nSPS) is 22.6. The summed E-state index contributed by atoms with van der Waals surface area (Å²) in [6.45, 7) is 3.28. The molecule has 2 saturated carbocycles. The van der Waals surface area contributed by atoms with Crippen LogP contribution < -0.4 is 14.2 Å². The van der Waals surface area contributed by atoms with Gasteiger partial charge in [-0.05, 0) is 118 Å². The number of benzene rings is 2. The Bertz CT molecular complexity index is 1050. The standard InChI is InChI=1S/C35H48O6/c1-26-8-10-27(11-9-26)28-12-14-29(15-13-28)34(37)40-32-20-22-33(23-21-32)41-35(38)30-16-18-31(19-17-30)39-25-7-5-3-2-4-6-24-36/h16-23,26-29,36H,2-15,24-25H2,1H3. The van der Waals surface area contributed by atoms with Gasteiger partial charge < -0.3 is 19.3 Å². The third-order valence-electron chi connectivity index (χ3n) is 9.00.